The van der Waals surface area contributed by atoms with Crippen LogP contribution in [-0.4, -0.2) is 23.6 Å². The van der Waals surface area contributed by atoms with Gasteiger partial charge in [0.25, 0.3) is 0 Å². The van der Waals surface area contributed by atoms with Crippen LogP contribution in [0, 0.1) is 5.82 Å². The van der Waals surface area contributed by atoms with Crippen LogP contribution < -0.4 is 14.8 Å². The Labute approximate surface area is 156 Å². The Kier molecular flexibility index (Phi) is 6.93. The van der Waals surface area contributed by atoms with Crippen molar-refractivity contribution in [2.75, 3.05) is 6.61 Å². The van der Waals surface area contributed by atoms with Crippen LogP contribution in [0.1, 0.15) is 25.0 Å². The Morgan fingerprint density at radius 3 is 2.52 bits per heavy atom. The topological polar surface area (TPSA) is 84.9 Å². The number of halogens is 1. The highest BCUT2D eigenvalue weighted by atomic mass is 19.1. The van der Waals surface area contributed by atoms with Gasteiger partial charge in [-0.15, -0.1) is 0 Å². The zero-order valence-corrected chi connectivity index (χ0v) is 15.0. The molecule has 0 aliphatic rings. The van der Waals surface area contributed by atoms with E-state index in [0.717, 1.165) is 0 Å². The molecule has 1 amide bonds. The molecule has 0 bridgehead atoms. The molecule has 0 saturated carbocycles. The lowest BCUT2D eigenvalue weighted by Crippen LogP contribution is -2.24. The number of carboxylic acid groups (broad SMARTS) is 1. The maximum Gasteiger partial charge on any atom is 0.352 e. The van der Waals surface area contributed by atoms with Crippen molar-refractivity contribution in [3.63, 3.8) is 0 Å². The number of rotatable bonds is 8. The summed E-state index contributed by atoms with van der Waals surface area (Å²) in [5, 5.41) is 11.4. The largest absolute Gasteiger partial charge is 0.490 e. The second-order valence-corrected chi connectivity index (χ2v) is 5.56. The molecular formula is C20H20FNO5. The van der Waals surface area contributed by atoms with Crippen molar-refractivity contribution in [2.24, 2.45) is 0 Å². The Morgan fingerprint density at radius 2 is 1.89 bits per heavy atom. The van der Waals surface area contributed by atoms with E-state index in [1.54, 1.807) is 43.3 Å². The molecule has 0 unspecified atom stereocenters. The zero-order valence-electron chi connectivity index (χ0n) is 15.0. The quantitative estimate of drug-likeness (QED) is 0.693. The molecule has 0 aromatic heterocycles. The first-order chi connectivity index (χ1) is 12.9. The van der Waals surface area contributed by atoms with Gasteiger partial charge in [-0.3, -0.25) is 4.79 Å². The molecule has 0 aliphatic heterocycles. The van der Waals surface area contributed by atoms with E-state index in [4.69, 9.17) is 9.47 Å². The maximum atomic E-state index is 13.7. The molecule has 0 spiro atoms. The van der Waals surface area contributed by atoms with Crippen LogP contribution in [0.25, 0.3) is 6.08 Å². The van der Waals surface area contributed by atoms with Crippen LogP contribution in [0.5, 0.6) is 11.5 Å². The van der Waals surface area contributed by atoms with Gasteiger partial charge in [0.15, 0.2) is 11.5 Å². The first kappa shape index (κ1) is 20.0. The standard InChI is InChI=1S/C20H20FNO5/c1-3-26-19-11-14(10-17(20(24)25)22-13(2)23)8-9-18(19)27-12-15-6-4-5-7-16(15)21/h4-11H,3,12H2,1-2H3,(H,22,23)(H,24,25)/b17-10+. The second kappa shape index (κ2) is 9.38. The fraction of sp³-hybridized carbons (Fsp3) is 0.200. The zero-order chi connectivity index (χ0) is 19.8. The van der Waals surface area contributed by atoms with Gasteiger partial charge in [-0.25, -0.2) is 9.18 Å². The molecule has 2 N–H and O–H groups in total. The lowest BCUT2D eigenvalue weighted by molar-refractivity contribution is -0.134. The summed E-state index contributed by atoms with van der Waals surface area (Å²) in [5.74, 6) is -1.33. The van der Waals surface area contributed by atoms with Crippen molar-refractivity contribution in [1.29, 1.82) is 0 Å². The molecule has 0 atom stereocenters. The van der Waals surface area contributed by atoms with Gasteiger partial charge >= 0.3 is 5.97 Å². The number of hydrogen-bond donors (Lipinski definition) is 2. The van der Waals surface area contributed by atoms with E-state index >= 15 is 0 Å². The first-order valence-electron chi connectivity index (χ1n) is 8.26. The third-order valence-corrected chi connectivity index (χ3v) is 3.46. The summed E-state index contributed by atoms with van der Waals surface area (Å²) in [6.07, 6.45) is 1.31. The minimum atomic E-state index is -1.26. The summed E-state index contributed by atoms with van der Waals surface area (Å²) >= 11 is 0. The van der Waals surface area contributed by atoms with Gasteiger partial charge in [-0.2, -0.15) is 0 Å². The average Bonchev–Trinajstić information content (AvgIpc) is 2.61. The van der Waals surface area contributed by atoms with Crippen LogP contribution in [-0.2, 0) is 16.2 Å². The number of nitrogens with one attached hydrogen (secondary N) is 1. The summed E-state index contributed by atoms with van der Waals surface area (Å²) < 4.78 is 24.9. The van der Waals surface area contributed by atoms with Crippen LogP contribution in [0.3, 0.4) is 0 Å². The van der Waals surface area contributed by atoms with Crippen LogP contribution in [0.15, 0.2) is 48.2 Å². The lowest BCUT2D eigenvalue weighted by atomic mass is 10.1. The fourth-order valence-electron chi connectivity index (χ4n) is 2.28. The van der Waals surface area contributed by atoms with E-state index in [0.29, 0.717) is 29.2 Å². The molecule has 2 aromatic rings. The number of carbonyl (C=O) groups excluding carboxylic acids is 1. The molecule has 7 heteroatoms. The predicted molar refractivity (Wildman–Crippen MR) is 97.8 cm³/mol. The van der Waals surface area contributed by atoms with Crippen LogP contribution in [0.4, 0.5) is 4.39 Å². The third kappa shape index (κ3) is 5.85. The number of hydrogen-bond acceptors (Lipinski definition) is 4. The highest BCUT2D eigenvalue weighted by Gasteiger charge is 2.12. The van der Waals surface area contributed by atoms with Gasteiger partial charge in [0.1, 0.15) is 18.1 Å². The van der Waals surface area contributed by atoms with E-state index < -0.39 is 11.9 Å². The van der Waals surface area contributed by atoms with Crippen molar-refractivity contribution < 1.29 is 28.6 Å². The van der Waals surface area contributed by atoms with E-state index in [9.17, 15) is 19.1 Å². The summed E-state index contributed by atoms with van der Waals surface area (Å²) in [5.41, 5.74) is 0.649. The molecule has 2 rings (SSSR count). The maximum absolute atomic E-state index is 13.7. The van der Waals surface area contributed by atoms with Crippen LogP contribution in [0.2, 0.25) is 0 Å². The molecule has 0 heterocycles. The SMILES string of the molecule is CCOc1cc(/C=C(/NC(C)=O)C(=O)O)ccc1OCc1ccccc1F. The van der Waals surface area contributed by atoms with Crippen molar-refractivity contribution >= 4 is 18.0 Å². The summed E-state index contributed by atoms with van der Waals surface area (Å²) in [6.45, 7) is 3.40. The minimum absolute atomic E-state index is 0.0220. The van der Waals surface area contributed by atoms with E-state index in [2.05, 4.69) is 5.32 Å². The molecule has 0 saturated heterocycles. The molecule has 0 aliphatic carbocycles. The second-order valence-electron chi connectivity index (χ2n) is 5.56. The summed E-state index contributed by atoms with van der Waals surface area (Å²) in [4.78, 5) is 22.4. The van der Waals surface area contributed by atoms with Crippen molar-refractivity contribution in [2.45, 2.75) is 20.5 Å². The first-order valence-corrected chi connectivity index (χ1v) is 8.26. The fourth-order valence-corrected chi connectivity index (χ4v) is 2.28. The summed E-state index contributed by atoms with van der Waals surface area (Å²) in [6, 6.07) is 11.1. The number of amides is 1. The van der Waals surface area contributed by atoms with Gasteiger partial charge in [0.2, 0.25) is 5.91 Å². The van der Waals surface area contributed by atoms with Gasteiger partial charge in [0.05, 0.1) is 6.61 Å². The lowest BCUT2D eigenvalue weighted by Gasteiger charge is -2.13. The van der Waals surface area contributed by atoms with Crippen molar-refractivity contribution in [1.82, 2.24) is 5.32 Å². The van der Waals surface area contributed by atoms with Gasteiger partial charge in [-0.05, 0) is 36.8 Å². The molecule has 27 heavy (non-hydrogen) atoms. The van der Waals surface area contributed by atoms with E-state index in [1.807, 2.05) is 0 Å². The average molecular weight is 373 g/mol. The van der Waals surface area contributed by atoms with Crippen LogP contribution >= 0.6 is 0 Å². The number of carbonyl (C=O) groups is 2. The van der Waals surface area contributed by atoms with Gasteiger partial charge in [-0.1, -0.05) is 24.3 Å². The Balaban J connectivity index is 2.26. The molecular weight excluding hydrogens is 353 g/mol. The molecule has 2 aromatic carbocycles. The monoisotopic (exact) mass is 373 g/mol. The van der Waals surface area contributed by atoms with E-state index in [-0.39, 0.29) is 18.1 Å². The molecule has 0 fully saturated rings. The highest BCUT2D eigenvalue weighted by Crippen LogP contribution is 2.30. The minimum Gasteiger partial charge on any atom is -0.490 e. The van der Waals surface area contributed by atoms with Crippen molar-refractivity contribution in [3.8, 4) is 11.5 Å². The summed E-state index contributed by atoms with van der Waals surface area (Å²) in [7, 11) is 0. The molecule has 142 valence electrons. The Bertz CT molecular complexity index is 863. The Morgan fingerprint density at radius 1 is 1.15 bits per heavy atom. The third-order valence-electron chi connectivity index (χ3n) is 3.46. The number of ether oxygens (including phenoxy) is 2. The normalized spacial score (nSPS) is 11.0. The van der Waals surface area contributed by atoms with Gasteiger partial charge < -0.3 is 19.9 Å². The number of carboxylic acids is 1. The molecule has 0 radical (unpaired) electrons. The number of benzene rings is 2. The highest BCUT2D eigenvalue weighted by molar-refractivity contribution is 5.96. The predicted octanol–water partition coefficient (Wildman–Crippen LogP) is 3.37. The van der Waals surface area contributed by atoms with Gasteiger partial charge in [0, 0.05) is 12.5 Å². The number of aliphatic carboxylic acids is 1. The smallest absolute Gasteiger partial charge is 0.352 e. The Hall–Kier alpha value is -3.35. The van der Waals surface area contributed by atoms with Crippen molar-refractivity contribution in [3.05, 3.63) is 65.1 Å². The van der Waals surface area contributed by atoms with E-state index in [1.165, 1.54) is 19.1 Å². The molecule has 6 nitrogen and oxygen atoms in total.